The summed E-state index contributed by atoms with van der Waals surface area (Å²) in [7, 11) is 0. The molecule has 12 nitrogen and oxygen atoms in total. The number of fused-ring (bicyclic) bond motifs is 1. The molecule has 2 rings (SSSR count). The third kappa shape index (κ3) is 5.75. The number of ketones is 3. The van der Waals surface area contributed by atoms with Crippen molar-refractivity contribution in [3.05, 3.63) is 36.0 Å². The van der Waals surface area contributed by atoms with Gasteiger partial charge in [0.1, 0.15) is 5.54 Å². The Morgan fingerprint density at radius 1 is 1.00 bits per heavy atom. The number of carboxylic acid groups (broad SMARTS) is 1. The first-order chi connectivity index (χ1) is 17.2. The second kappa shape index (κ2) is 12.0. The van der Waals surface area contributed by atoms with Gasteiger partial charge < -0.3 is 38.8 Å². The van der Waals surface area contributed by atoms with Crippen LogP contribution in [0.4, 0.5) is 0 Å². The number of para-hydroxylation sites is 1. The van der Waals surface area contributed by atoms with Crippen molar-refractivity contribution in [1.82, 2.24) is 4.98 Å². The van der Waals surface area contributed by atoms with Gasteiger partial charge in [-0.2, -0.15) is 11.8 Å². The van der Waals surface area contributed by atoms with Gasteiger partial charge in [-0.05, 0) is 43.4 Å². The monoisotopic (exact) mass is 534 g/mol. The number of nitrogens with two attached hydrogens (primary N) is 5. The van der Waals surface area contributed by atoms with Crippen LogP contribution in [0.1, 0.15) is 25.3 Å². The van der Waals surface area contributed by atoms with Crippen molar-refractivity contribution < 1.29 is 29.1 Å². The second-order valence-electron chi connectivity index (χ2n) is 9.17. The van der Waals surface area contributed by atoms with Crippen LogP contribution in [0.25, 0.3) is 10.9 Å². The Balaban J connectivity index is 2.72. The van der Waals surface area contributed by atoms with Crippen LogP contribution in [0.3, 0.4) is 0 Å². The van der Waals surface area contributed by atoms with Gasteiger partial charge in [0.05, 0.1) is 24.5 Å². The molecule has 1 aromatic carbocycles. The minimum Gasteiger partial charge on any atom is -0.481 e. The van der Waals surface area contributed by atoms with Gasteiger partial charge in [-0.3, -0.25) is 24.0 Å². The first-order valence-electron chi connectivity index (χ1n) is 11.5. The van der Waals surface area contributed by atoms with E-state index in [2.05, 4.69) is 4.98 Å². The first-order valence-corrected chi connectivity index (χ1v) is 12.9. The molecule has 202 valence electrons. The third-order valence-corrected chi connectivity index (χ3v) is 7.20. The number of carbonyl (C=O) groups excluding carboxylic acids is 4. The molecule has 0 radical (unpaired) electrons. The predicted molar refractivity (Wildman–Crippen MR) is 140 cm³/mol. The highest BCUT2D eigenvalue weighted by Gasteiger charge is 2.67. The Labute approximate surface area is 218 Å². The van der Waals surface area contributed by atoms with E-state index in [-0.39, 0.29) is 12.8 Å². The van der Waals surface area contributed by atoms with Crippen molar-refractivity contribution in [2.24, 2.45) is 34.1 Å². The molecule has 1 amide bonds. The van der Waals surface area contributed by atoms with E-state index < -0.39 is 64.7 Å². The maximum Gasteiger partial charge on any atom is 0.305 e. The van der Waals surface area contributed by atoms with E-state index in [4.69, 9.17) is 28.7 Å². The highest BCUT2D eigenvalue weighted by Crippen LogP contribution is 2.38. The molecule has 13 heteroatoms. The number of Topliss-reactive ketones (excluding diaryl/α,β-unsaturated/α-hetero) is 3. The van der Waals surface area contributed by atoms with Crippen molar-refractivity contribution in [2.45, 2.75) is 49.9 Å². The minimum atomic E-state index is -3.02. The quantitative estimate of drug-likeness (QED) is 0.134. The Morgan fingerprint density at radius 3 is 2.14 bits per heavy atom. The number of thioether (sulfide) groups is 1. The Hall–Kier alpha value is -3.10. The van der Waals surface area contributed by atoms with Crippen LogP contribution in [0, 0.1) is 5.41 Å². The Bertz CT molecular complexity index is 1200. The van der Waals surface area contributed by atoms with Crippen LogP contribution < -0.4 is 28.7 Å². The number of carboxylic acids is 1. The van der Waals surface area contributed by atoms with Gasteiger partial charge in [0, 0.05) is 17.1 Å². The molecule has 0 saturated carbocycles. The SMILES string of the molecule is CSCC[C@@H](N)C(=O)C(C(=O)[C@H](N)CC(=O)O)(C(=O)[C@H](N)Cc1c[nH]c2ccccc12)C(C)(N)C(N)=O. The average Bonchev–Trinajstić information content (AvgIpc) is 3.24. The van der Waals surface area contributed by atoms with E-state index in [9.17, 15) is 29.1 Å². The van der Waals surface area contributed by atoms with Gasteiger partial charge in [0.25, 0.3) is 0 Å². The maximum atomic E-state index is 14.1. The molecular weight excluding hydrogens is 500 g/mol. The number of primary amides is 1. The number of hydrogen-bond donors (Lipinski definition) is 7. The number of rotatable bonds is 15. The van der Waals surface area contributed by atoms with Crippen LogP contribution in [0.5, 0.6) is 0 Å². The number of nitrogens with one attached hydrogen (secondary N) is 1. The lowest BCUT2D eigenvalue weighted by Gasteiger charge is -2.44. The fourth-order valence-corrected chi connectivity index (χ4v) is 4.93. The zero-order chi connectivity index (χ0) is 28.1. The fraction of sp³-hybridized carbons (Fsp3) is 0.458. The van der Waals surface area contributed by atoms with Gasteiger partial charge >= 0.3 is 5.97 Å². The lowest BCUT2D eigenvalue weighted by Crippen LogP contribution is -2.76. The van der Waals surface area contributed by atoms with Gasteiger partial charge in [0.2, 0.25) is 5.91 Å². The van der Waals surface area contributed by atoms with Gasteiger partial charge in [-0.1, -0.05) is 18.2 Å². The maximum absolute atomic E-state index is 14.1. The van der Waals surface area contributed by atoms with E-state index in [0.29, 0.717) is 11.3 Å². The summed E-state index contributed by atoms with van der Waals surface area (Å²) in [6.07, 6.45) is 2.33. The zero-order valence-corrected chi connectivity index (χ0v) is 21.5. The minimum absolute atomic E-state index is 0.0308. The number of benzene rings is 1. The number of carbonyl (C=O) groups is 5. The predicted octanol–water partition coefficient (Wildman–Crippen LogP) is -1.18. The smallest absolute Gasteiger partial charge is 0.305 e. The van der Waals surface area contributed by atoms with Crippen molar-refractivity contribution in [3.8, 4) is 0 Å². The number of amides is 1. The number of aromatic nitrogens is 1. The van der Waals surface area contributed by atoms with E-state index in [1.165, 1.54) is 11.8 Å². The molecule has 0 fully saturated rings. The number of aromatic amines is 1. The highest BCUT2D eigenvalue weighted by molar-refractivity contribution is 7.98. The van der Waals surface area contributed by atoms with Gasteiger partial charge in [-0.15, -0.1) is 0 Å². The number of H-pyrrole nitrogens is 1. The largest absolute Gasteiger partial charge is 0.481 e. The summed E-state index contributed by atoms with van der Waals surface area (Å²) in [4.78, 5) is 68.7. The van der Waals surface area contributed by atoms with Crippen molar-refractivity contribution in [2.75, 3.05) is 12.0 Å². The van der Waals surface area contributed by atoms with E-state index >= 15 is 0 Å². The lowest BCUT2D eigenvalue weighted by atomic mass is 9.57. The van der Waals surface area contributed by atoms with Gasteiger partial charge in [0.15, 0.2) is 22.8 Å². The molecule has 0 aliphatic heterocycles. The highest BCUT2D eigenvalue weighted by atomic mass is 32.2. The summed E-state index contributed by atoms with van der Waals surface area (Å²) in [6.45, 7) is 0.955. The summed E-state index contributed by atoms with van der Waals surface area (Å²) >= 11 is 1.36. The molecule has 0 aliphatic carbocycles. The summed E-state index contributed by atoms with van der Waals surface area (Å²) < 4.78 is 0. The van der Waals surface area contributed by atoms with Crippen LogP contribution in [-0.2, 0) is 30.4 Å². The number of aliphatic carboxylic acids is 1. The molecule has 37 heavy (non-hydrogen) atoms. The molecule has 0 bridgehead atoms. The van der Waals surface area contributed by atoms with Crippen LogP contribution in [0.2, 0.25) is 0 Å². The van der Waals surface area contributed by atoms with Gasteiger partial charge in [-0.25, -0.2) is 0 Å². The van der Waals surface area contributed by atoms with Crippen LogP contribution in [0.15, 0.2) is 30.5 Å². The standard InChI is InChI=1S/C24H34N6O6S/c1-23(29,22(28)36)24(19(33)14(25)7-8-37-2,21(35)16(27)10-18(31)32)20(34)15(26)9-12-11-30-17-6-4-3-5-13(12)17/h3-6,11,14-16,30H,7-10,25-27,29H2,1-2H3,(H2,28,36)(H,31,32)/t14-,15-,16-,23?,24?/m1/s1. The summed E-state index contributed by atoms with van der Waals surface area (Å²) in [6, 6.07) is 2.37. The topological polar surface area (TPSA) is 251 Å². The molecule has 0 aliphatic rings. The molecule has 1 aromatic heterocycles. The zero-order valence-electron chi connectivity index (χ0n) is 20.7. The second-order valence-corrected chi connectivity index (χ2v) is 10.2. The molecular formula is C24H34N6O6S. The Kier molecular flexibility index (Phi) is 9.74. The summed E-state index contributed by atoms with van der Waals surface area (Å²) in [5.74, 6) is -6.22. The van der Waals surface area contributed by atoms with Crippen molar-refractivity contribution in [1.29, 1.82) is 0 Å². The van der Waals surface area contributed by atoms with E-state index in [1.54, 1.807) is 24.6 Å². The molecule has 2 unspecified atom stereocenters. The van der Waals surface area contributed by atoms with Crippen molar-refractivity contribution >= 4 is 51.9 Å². The molecule has 1 heterocycles. The van der Waals surface area contributed by atoms with Crippen LogP contribution >= 0.6 is 11.8 Å². The third-order valence-electron chi connectivity index (χ3n) is 6.55. The average molecular weight is 535 g/mol. The summed E-state index contributed by atoms with van der Waals surface area (Å²) in [5, 5.41) is 9.96. The van der Waals surface area contributed by atoms with Crippen LogP contribution in [-0.4, -0.2) is 75.0 Å². The fourth-order valence-electron chi connectivity index (χ4n) is 4.44. The molecule has 2 aromatic rings. The molecule has 0 spiro atoms. The number of hydrogen-bond acceptors (Lipinski definition) is 10. The van der Waals surface area contributed by atoms with Crippen molar-refractivity contribution in [3.63, 3.8) is 0 Å². The van der Waals surface area contributed by atoms with E-state index in [1.807, 2.05) is 12.1 Å². The normalized spacial score (nSPS) is 17.2. The molecule has 0 saturated heterocycles. The lowest BCUT2D eigenvalue weighted by molar-refractivity contribution is -0.160. The molecule has 12 N–H and O–H groups in total. The summed E-state index contributed by atoms with van der Waals surface area (Å²) in [5.41, 5.74) is 25.7. The molecule has 5 atom stereocenters. The first kappa shape index (κ1) is 30.1. The Morgan fingerprint density at radius 2 is 1.57 bits per heavy atom. The van der Waals surface area contributed by atoms with E-state index in [0.717, 1.165) is 17.8 Å².